The molecule has 104 valence electrons. The molecular weight excluding hydrogens is 226 g/mol. The van der Waals surface area contributed by atoms with Crippen LogP contribution < -0.4 is 0 Å². The molecule has 3 atom stereocenters. The van der Waals surface area contributed by atoms with E-state index in [1.807, 2.05) is 0 Å². The Morgan fingerprint density at radius 2 is 2.06 bits per heavy atom. The minimum atomic E-state index is -0.608. The summed E-state index contributed by atoms with van der Waals surface area (Å²) in [5, 5.41) is 9.18. The molecule has 0 aromatic heterocycles. The Labute approximate surface area is 111 Å². The first-order valence-corrected chi connectivity index (χ1v) is 7.36. The molecular formula is C15H27NO2. The average Bonchev–Trinajstić information content (AvgIpc) is 2.28. The van der Waals surface area contributed by atoms with Crippen molar-refractivity contribution in [3.8, 4) is 0 Å². The van der Waals surface area contributed by atoms with Crippen molar-refractivity contribution in [1.29, 1.82) is 0 Å². The van der Waals surface area contributed by atoms with Crippen molar-refractivity contribution in [2.75, 3.05) is 13.1 Å². The van der Waals surface area contributed by atoms with Crippen LogP contribution in [0, 0.1) is 17.3 Å². The van der Waals surface area contributed by atoms with Gasteiger partial charge in [0.05, 0.1) is 5.92 Å². The first-order valence-electron chi connectivity index (χ1n) is 7.36. The van der Waals surface area contributed by atoms with Crippen LogP contribution in [0.25, 0.3) is 0 Å². The van der Waals surface area contributed by atoms with E-state index in [0.29, 0.717) is 17.4 Å². The lowest BCUT2D eigenvalue weighted by molar-refractivity contribution is -0.144. The van der Waals surface area contributed by atoms with E-state index in [1.165, 1.54) is 19.3 Å². The van der Waals surface area contributed by atoms with Gasteiger partial charge in [0.1, 0.15) is 0 Å². The van der Waals surface area contributed by atoms with E-state index in [1.54, 1.807) is 0 Å². The van der Waals surface area contributed by atoms with Gasteiger partial charge < -0.3 is 5.11 Å². The SMILES string of the molecule is CC1CC(C)(C)CCC1N1CCCC(C(=O)O)C1. The van der Waals surface area contributed by atoms with Gasteiger partial charge in [-0.15, -0.1) is 0 Å². The first kappa shape index (κ1) is 13.9. The van der Waals surface area contributed by atoms with Crippen molar-refractivity contribution < 1.29 is 9.90 Å². The summed E-state index contributed by atoms with van der Waals surface area (Å²) >= 11 is 0. The molecule has 0 bridgehead atoms. The molecule has 18 heavy (non-hydrogen) atoms. The van der Waals surface area contributed by atoms with Crippen LogP contribution in [0.3, 0.4) is 0 Å². The zero-order chi connectivity index (χ0) is 13.3. The third kappa shape index (κ3) is 3.05. The van der Waals surface area contributed by atoms with E-state index in [2.05, 4.69) is 25.7 Å². The summed E-state index contributed by atoms with van der Waals surface area (Å²) in [6.45, 7) is 8.92. The fourth-order valence-corrected chi connectivity index (χ4v) is 3.98. The van der Waals surface area contributed by atoms with Gasteiger partial charge in [0.25, 0.3) is 0 Å². The molecule has 0 amide bonds. The Bertz CT molecular complexity index is 314. The first-order chi connectivity index (χ1) is 8.39. The van der Waals surface area contributed by atoms with Gasteiger partial charge in [0.2, 0.25) is 0 Å². The summed E-state index contributed by atoms with van der Waals surface area (Å²) in [4.78, 5) is 13.6. The van der Waals surface area contributed by atoms with Gasteiger partial charge in [-0.1, -0.05) is 20.8 Å². The molecule has 3 heteroatoms. The predicted molar refractivity (Wildman–Crippen MR) is 72.5 cm³/mol. The smallest absolute Gasteiger partial charge is 0.307 e. The van der Waals surface area contributed by atoms with Crippen molar-refractivity contribution in [3.63, 3.8) is 0 Å². The lowest BCUT2D eigenvalue weighted by atomic mass is 9.70. The molecule has 1 aliphatic carbocycles. The highest BCUT2D eigenvalue weighted by Crippen LogP contribution is 2.41. The molecule has 2 fully saturated rings. The van der Waals surface area contributed by atoms with Crippen molar-refractivity contribution in [1.82, 2.24) is 4.90 Å². The van der Waals surface area contributed by atoms with Gasteiger partial charge in [-0.25, -0.2) is 0 Å². The maximum atomic E-state index is 11.1. The molecule has 1 saturated heterocycles. The zero-order valence-electron chi connectivity index (χ0n) is 12.0. The van der Waals surface area contributed by atoms with Gasteiger partial charge in [0.15, 0.2) is 0 Å². The predicted octanol–water partition coefficient (Wildman–Crippen LogP) is 3.00. The summed E-state index contributed by atoms with van der Waals surface area (Å²) in [6, 6.07) is 0.611. The lowest BCUT2D eigenvalue weighted by Gasteiger charge is -2.46. The standard InChI is InChI=1S/C15H27NO2/c1-11-9-15(2,3)7-6-13(11)16-8-4-5-12(10-16)14(17)18/h11-13H,4-10H2,1-3H3,(H,17,18). The summed E-state index contributed by atoms with van der Waals surface area (Å²) in [5.41, 5.74) is 0.470. The fraction of sp³-hybridized carbons (Fsp3) is 0.933. The Kier molecular flexibility index (Phi) is 4.00. The van der Waals surface area contributed by atoms with Gasteiger partial charge in [-0.3, -0.25) is 9.69 Å². The zero-order valence-corrected chi connectivity index (χ0v) is 12.0. The number of piperidine rings is 1. The maximum absolute atomic E-state index is 11.1. The van der Waals surface area contributed by atoms with Crippen molar-refractivity contribution in [2.45, 2.75) is 58.9 Å². The topological polar surface area (TPSA) is 40.5 Å². The molecule has 2 aliphatic rings. The molecule has 1 aliphatic heterocycles. The highest BCUT2D eigenvalue weighted by Gasteiger charge is 2.37. The van der Waals surface area contributed by atoms with Crippen molar-refractivity contribution in [3.05, 3.63) is 0 Å². The maximum Gasteiger partial charge on any atom is 0.307 e. The van der Waals surface area contributed by atoms with Crippen LogP contribution >= 0.6 is 0 Å². The Morgan fingerprint density at radius 3 is 2.67 bits per heavy atom. The normalized spacial score (nSPS) is 37.4. The van der Waals surface area contributed by atoms with E-state index in [-0.39, 0.29) is 5.92 Å². The molecule has 0 aromatic carbocycles. The Balaban J connectivity index is 1.97. The van der Waals surface area contributed by atoms with Crippen LogP contribution in [-0.4, -0.2) is 35.1 Å². The number of aliphatic carboxylic acids is 1. The van der Waals surface area contributed by atoms with E-state index in [9.17, 15) is 9.90 Å². The molecule has 3 unspecified atom stereocenters. The van der Waals surface area contributed by atoms with E-state index >= 15 is 0 Å². The van der Waals surface area contributed by atoms with Crippen molar-refractivity contribution >= 4 is 5.97 Å². The highest BCUT2D eigenvalue weighted by molar-refractivity contribution is 5.70. The van der Waals surface area contributed by atoms with Crippen LogP contribution in [0.1, 0.15) is 52.9 Å². The van der Waals surface area contributed by atoms with E-state index < -0.39 is 5.97 Å². The van der Waals surface area contributed by atoms with E-state index in [4.69, 9.17) is 0 Å². The average molecular weight is 253 g/mol. The number of carbonyl (C=O) groups is 1. The second kappa shape index (κ2) is 5.20. The third-order valence-corrected chi connectivity index (χ3v) is 4.92. The number of hydrogen-bond acceptors (Lipinski definition) is 2. The minimum Gasteiger partial charge on any atom is -0.481 e. The number of carboxylic acid groups (broad SMARTS) is 1. The van der Waals surface area contributed by atoms with Crippen LogP contribution in [0.4, 0.5) is 0 Å². The lowest BCUT2D eigenvalue weighted by Crippen LogP contribution is -2.49. The van der Waals surface area contributed by atoms with Gasteiger partial charge in [-0.2, -0.15) is 0 Å². The van der Waals surface area contributed by atoms with Gasteiger partial charge in [-0.05, 0) is 50.0 Å². The molecule has 0 spiro atoms. The number of rotatable bonds is 2. The van der Waals surface area contributed by atoms with Crippen LogP contribution in [0.2, 0.25) is 0 Å². The fourth-order valence-electron chi connectivity index (χ4n) is 3.98. The second-order valence-corrected chi connectivity index (χ2v) is 7.12. The summed E-state index contributed by atoms with van der Waals surface area (Å²) in [7, 11) is 0. The van der Waals surface area contributed by atoms with Crippen LogP contribution in [-0.2, 0) is 4.79 Å². The Hall–Kier alpha value is -0.570. The highest BCUT2D eigenvalue weighted by atomic mass is 16.4. The molecule has 0 aromatic rings. The monoisotopic (exact) mass is 253 g/mol. The number of hydrogen-bond donors (Lipinski definition) is 1. The van der Waals surface area contributed by atoms with Crippen LogP contribution in [0.5, 0.6) is 0 Å². The van der Waals surface area contributed by atoms with Crippen molar-refractivity contribution in [2.24, 2.45) is 17.3 Å². The van der Waals surface area contributed by atoms with Gasteiger partial charge in [0, 0.05) is 12.6 Å². The Morgan fingerprint density at radius 1 is 1.33 bits per heavy atom. The van der Waals surface area contributed by atoms with Gasteiger partial charge >= 0.3 is 5.97 Å². The van der Waals surface area contributed by atoms with E-state index in [0.717, 1.165) is 25.9 Å². The summed E-state index contributed by atoms with van der Waals surface area (Å²) in [6.07, 6.45) is 5.69. The number of nitrogens with zero attached hydrogens (tertiary/aromatic N) is 1. The summed E-state index contributed by atoms with van der Waals surface area (Å²) < 4.78 is 0. The molecule has 1 saturated carbocycles. The molecule has 0 radical (unpaired) electrons. The molecule has 1 N–H and O–H groups in total. The second-order valence-electron chi connectivity index (χ2n) is 7.12. The molecule has 1 heterocycles. The largest absolute Gasteiger partial charge is 0.481 e. The third-order valence-electron chi connectivity index (χ3n) is 4.92. The molecule has 2 rings (SSSR count). The quantitative estimate of drug-likeness (QED) is 0.822. The number of carboxylic acids is 1. The van der Waals surface area contributed by atoms with Crippen LogP contribution in [0.15, 0.2) is 0 Å². The number of likely N-dealkylation sites (tertiary alicyclic amines) is 1. The summed E-state index contributed by atoms with van der Waals surface area (Å²) in [5.74, 6) is -0.0503. The molecule has 3 nitrogen and oxygen atoms in total. The minimum absolute atomic E-state index is 0.138.